The zero-order valence-corrected chi connectivity index (χ0v) is 14.0. The SMILES string of the molecule is c1ccc(CCNc2ccnc(-c3cc4ccccc4s3)n2)cc1. The Bertz CT molecular complexity index is 914. The Balaban J connectivity index is 1.49. The summed E-state index contributed by atoms with van der Waals surface area (Å²) in [7, 11) is 0. The van der Waals surface area contributed by atoms with Gasteiger partial charge in [0.2, 0.25) is 0 Å². The molecule has 0 saturated carbocycles. The van der Waals surface area contributed by atoms with Crippen LogP contribution in [-0.4, -0.2) is 16.5 Å². The Morgan fingerprint density at radius 1 is 0.917 bits per heavy atom. The van der Waals surface area contributed by atoms with Gasteiger partial charge in [0.25, 0.3) is 0 Å². The molecule has 2 aromatic heterocycles. The van der Waals surface area contributed by atoms with E-state index in [1.165, 1.54) is 15.6 Å². The van der Waals surface area contributed by atoms with Gasteiger partial charge in [0.05, 0.1) is 4.88 Å². The minimum Gasteiger partial charge on any atom is -0.370 e. The van der Waals surface area contributed by atoms with Crippen LogP contribution < -0.4 is 5.32 Å². The van der Waals surface area contributed by atoms with E-state index in [9.17, 15) is 0 Å². The summed E-state index contributed by atoms with van der Waals surface area (Å²) in [5.41, 5.74) is 1.32. The van der Waals surface area contributed by atoms with Gasteiger partial charge in [0.1, 0.15) is 5.82 Å². The van der Waals surface area contributed by atoms with Crippen LogP contribution >= 0.6 is 11.3 Å². The van der Waals surface area contributed by atoms with Crippen molar-refractivity contribution in [2.45, 2.75) is 6.42 Å². The van der Waals surface area contributed by atoms with Gasteiger partial charge in [0.15, 0.2) is 5.82 Å². The van der Waals surface area contributed by atoms with Gasteiger partial charge in [-0.05, 0) is 35.6 Å². The first-order valence-electron chi connectivity index (χ1n) is 7.98. The Hall–Kier alpha value is -2.72. The summed E-state index contributed by atoms with van der Waals surface area (Å²) in [6.45, 7) is 0.854. The van der Waals surface area contributed by atoms with Gasteiger partial charge in [-0.15, -0.1) is 11.3 Å². The lowest BCUT2D eigenvalue weighted by Gasteiger charge is -2.06. The first kappa shape index (κ1) is 14.8. The molecular weight excluding hydrogens is 314 g/mol. The highest BCUT2D eigenvalue weighted by Gasteiger charge is 2.07. The molecule has 24 heavy (non-hydrogen) atoms. The molecule has 4 rings (SSSR count). The first-order chi connectivity index (χ1) is 11.9. The van der Waals surface area contributed by atoms with E-state index in [4.69, 9.17) is 0 Å². The van der Waals surface area contributed by atoms with Crippen LogP contribution in [0.4, 0.5) is 5.82 Å². The van der Waals surface area contributed by atoms with Gasteiger partial charge in [-0.1, -0.05) is 48.5 Å². The van der Waals surface area contributed by atoms with E-state index < -0.39 is 0 Å². The smallest absolute Gasteiger partial charge is 0.171 e. The minimum atomic E-state index is 0.779. The van der Waals surface area contributed by atoms with Crippen molar-refractivity contribution in [3.05, 3.63) is 78.5 Å². The Labute approximate surface area is 145 Å². The number of rotatable bonds is 5. The molecule has 0 atom stereocenters. The molecule has 0 amide bonds. The topological polar surface area (TPSA) is 37.8 Å². The zero-order chi connectivity index (χ0) is 16.2. The van der Waals surface area contributed by atoms with Crippen molar-refractivity contribution < 1.29 is 0 Å². The number of fused-ring (bicyclic) bond motifs is 1. The average molecular weight is 331 g/mol. The summed E-state index contributed by atoms with van der Waals surface area (Å²) < 4.78 is 1.26. The first-order valence-corrected chi connectivity index (χ1v) is 8.80. The van der Waals surface area contributed by atoms with Crippen LogP contribution in [-0.2, 0) is 6.42 Å². The summed E-state index contributed by atoms with van der Waals surface area (Å²) in [5.74, 6) is 1.65. The summed E-state index contributed by atoms with van der Waals surface area (Å²) in [6, 6.07) is 22.9. The van der Waals surface area contributed by atoms with Gasteiger partial charge in [-0.2, -0.15) is 0 Å². The van der Waals surface area contributed by atoms with Crippen LogP contribution in [0, 0.1) is 0 Å². The fraction of sp³-hybridized carbons (Fsp3) is 0.100. The molecule has 0 aliphatic rings. The van der Waals surface area contributed by atoms with Crippen molar-refractivity contribution in [2.75, 3.05) is 11.9 Å². The number of aromatic nitrogens is 2. The van der Waals surface area contributed by atoms with Crippen LogP contribution in [0.3, 0.4) is 0 Å². The molecular formula is C20H17N3S. The second-order valence-corrected chi connectivity index (χ2v) is 6.66. The molecule has 0 saturated heterocycles. The highest BCUT2D eigenvalue weighted by Crippen LogP contribution is 2.31. The molecule has 0 spiro atoms. The van der Waals surface area contributed by atoms with Crippen LogP contribution in [0.15, 0.2) is 72.9 Å². The molecule has 4 aromatic rings. The van der Waals surface area contributed by atoms with E-state index in [0.717, 1.165) is 29.5 Å². The molecule has 0 fully saturated rings. The fourth-order valence-electron chi connectivity index (χ4n) is 2.65. The molecule has 1 N–H and O–H groups in total. The van der Waals surface area contributed by atoms with Crippen LogP contribution in [0.1, 0.15) is 5.56 Å². The lowest BCUT2D eigenvalue weighted by atomic mass is 10.1. The normalized spacial score (nSPS) is 10.8. The summed E-state index contributed by atoms with van der Waals surface area (Å²) >= 11 is 1.73. The van der Waals surface area contributed by atoms with Crippen molar-refractivity contribution in [1.29, 1.82) is 0 Å². The second kappa shape index (κ2) is 6.81. The number of thiophene rings is 1. The predicted molar refractivity (Wildman–Crippen MR) is 101 cm³/mol. The number of nitrogens with one attached hydrogen (secondary N) is 1. The van der Waals surface area contributed by atoms with E-state index in [-0.39, 0.29) is 0 Å². The number of nitrogens with zero attached hydrogens (tertiary/aromatic N) is 2. The maximum atomic E-state index is 4.66. The lowest BCUT2D eigenvalue weighted by Crippen LogP contribution is -2.06. The van der Waals surface area contributed by atoms with E-state index in [1.807, 2.05) is 18.3 Å². The molecule has 2 aromatic carbocycles. The molecule has 0 radical (unpaired) electrons. The van der Waals surface area contributed by atoms with E-state index in [2.05, 4.69) is 69.9 Å². The Kier molecular flexibility index (Phi) is 4.21. The van der Waals surface area contributed by atoms with Crippen molar-refractivity contribution in [2.24, 2.45) is 0 Å². The van der Waals surface area contributed by atoms with Crippen LogP contribution in [0.25, 0.3) is 20.8 Å². The van der Waals surface area contributed by atoms with E-state index in [0.29, 0.717) is 0 Å². The molecule has 4 heteroatoms. The van der Waals surface area contributed by atoms with Crippen LogP contribution in [0.5, 0.6) is 0 Å². The highest BCUT2D eigenvalue weighted by atomic mass is 32.1. The molecule has 0 aliphatic heterocycles. The maximum Gasteiger partial charge on any atom is 0.171 e. The number of anilines is 1. The van der Waals surface area contributed by atoms with Crippen molar-refractivity contribution >= 4 is 27.2 Å². The van der Waals surface area contributed by atoms with Gasteiger partial charge >= 0.3 is 0 Å². The number of hydrogen-bond donors (Lipinski definition) is 1. The molecule has 118 valence electrons. The van der Waals surface area contributed by atoms with Crippen molar-refractivity contribution in [1.82, 2.24) is 9.97 Å². The van der Waals surface area contributed by atoms with Crippen LogP contribution in [0.2, 0.25) is 0 Å². The largest absolute Gasteiger partial charge is 0.370 e. The molecule has 0 unspecified atom stereocenters. The monoisotopic (exact) mass is 331 g/mol. The number of hydrogen-bond acceptors (Lipinski definition) is 4. The van der Waals surface area contributed by atoms with Crippen molar-refractivity contribution in [3.8, 4) is 10.7 Å². The molecule has 2 heterocycles. The second-order valence-electron chi connectivity index (χ2n) is 5.58. The van der Waals surface area contributed by atoms with Gasteiger partial charge in [-0.25, -0.2) is 9.97 Å². The van der Waals surface area contributed by atoms with Crippen molar-refractivity contribution in [3.63, 3.8) is 0 Å². The molecule has 0 aliphatic carbocycles. The van der Waals surface area contributed by atoms with Gasteiger partial charge in [0, 0.05) is 17.4 Å². The summed E-state index contributed by atoms with van der Waals surface area (Å²) in [5, 5.41) is 4.63. The third kappa shape index (κ3) is 3.29. The summed E-state index contributed by atoms with van der Waals surface area (Å²) in [4.78, 5) is 10.2. The zero-order valence-electron chi connectivity index (χ0n) is 13.1. The standard InChI is InChI=1S/C20H17N3S/c1-2-6-15(7-3-1)10-12-21-19-11-13-22-20(23-19)18-14-16-8-4-5-9-17(16)24-18/h1-9,11,13-14H,10,12H2,(H,21,22,23). The molecule has 3 nitrogen and oxygen atoms in total. The lowest BCUT2D eigenvalue weighted by molar-refractivity contribution is 1.00. The third-order valence-corrected chi connectivity index (χ3v) is 4.98. The highest BCUT2D eigenvalue weighted by molar-refractivity contribution is 7.22. The number of benzene rings is 2. The minimum absolute atomic E-state index is 0.779. The third-order valence-electron chi connectivity index (χ3n) is 3.86. The average Bonchev–Trinajstić information content (AvgIpc) is 3.07. The van der Waals surface area contributed by atoms with E-state index >= 15 is 0 Å². The molecule has 0 bridgehead atoms. The fourth-order valence-corrected chi connectivity index (χ4v) is 3.65. The Morgan fingerprint density at radius 3 is 2.62 bits per heavy atom. The Morgan fingerprint density at radius 2 is 1.75 bits per heavy atom. The predicted octanol–water partition coefficient (Wildman–Crippen LogP) is 5.01. The maximum absolute atomic E-state index is 4.66. The summed E-state index contributed by atoms with van der Waals surface area (Å²) in [6.07, 6.45) is 2.79. The van der Waals surface area contributed by atoms with Gasteiger partial charge in [-0.3, -0.25) is 0 Å². The van der Waals surface area contributed by atoms with Gasteiger partial charge < -0.3 is 5.32 Å². The quantitative estimate of drug-likeness (QED) is 0.558. The van der Waals surface area contributed by atoms with E-state index in [1.54, 1.807) is 11.3 Å².